The van der Waals surface area contributed by atoms with Gasteiger partial charge in [0.2, 0.25) is 0 Å². The fourth-order valence-electron chi connectivity index (χ4n) is 2.05. The molecule has 0 aromatic heterocycles. The fourth-order valence-corrected chi connectivity index (χ4v) is 3.00. The van der Waals surface area contributed by atoms with Crippen molar-refractivity contribution in [1.29, 1.82) is 0 Å². The quantitative estimate of drug-likeness (QED) is 0.393. The number of hydrogen-bond donors (Lipinski definition) is 3. The maximum absolute atomic E-state index is 11.9. The third-order valence-electron chi connectivity index (χ3n) is 2.98. The number of esters is 1. The first-order valence-corrected chi connectivity index (χ1v) is 8.24. The van der Waals surface area contributed by atoms with Gasteiger partial charge in [-0.1, -0.05) is 6.42 Å². The highest BCUT2D eigenvalue weighted by Crippen LogP contribution is 2.18. The zero-order valence-electron chi connectivity index (χ0n) is 13.0. The number of ether oxygens (including phenoxy) is 1. The average molecular weight is 307 g/mol. The minimum Gasteiger partial charge on any atom is -0.468 e. The first-order valence-electron chi connectivity index (χ1n) is 7.08. The highest BCUT2D eigenvalue weighted by molar-refractivity contribution is 7.99. The zero-order chi connectivity index (χ0) is 15.6. The molecule has 0 aromatic carbocycles. The SMILES string of the molecule is COC(=O)C(C)(CCCCSCC(O)CO)NC(C)C. The van der Waals surface area contributed by atoms with Gasteiger partial charge in [0.05, 0.1) is 19.8 Å². The number of thioether (sulfide) groups is 1. The molecule has 120 valence electrons. The van der Waals surface area contributed by atoms with Crippen LogP contribution in [0.5, 0.6) is 0 Å². The number of nitrogens with one attached hydrogen (secondary N) is 1. The standard InChI is InChI=1S/C14H29NO4S/c1-11(2)15-14(3,13(18)19-4)7-5-6-8-20-10-12(17)9-16/h11-12,15-17H,5-10H2,1-4H3. The van der Waals surface area contributed by atoms with Crippen LogP contribution in [0.15, 0.2) is 0 Å². The van der Waals surface area contributed by atoms with E-state index in [2.05, 4.69) is 5.32 Å². The smallest absolute Gasteiger partial charge is 0.325 e. The van der Waals surface area contributed by atoms with E-state index in [0.717, 1.165) is 25.0 Å². The second kappa shape index (κ2) is 10.4. The van der Waals surface area contributed by atoms with Crippen molar-refractivity contribution in [2.75, 3.05) is 25.2 Å². The van der Waals surface area contributed by atoms with Crippen molar-refractivity contribution in [3.05, 3.63) is 0 Å². The molecule has 0 aliphatic rings. The van der Waals surface area contributed by atoms with Crippen LogP contribution in [0.25, 0.3) is 0 Å². The molecule has 5 nitrogen and oxygen atoms in total. The van der Waals surface area contributed by atoms with E-state index < -0.39 is 11.6 Å². The van der Waals surface area contributed by atoms with Gasteiger partial charge >= 0.3 is 5.97 Å². The van der Waals surface area contributed by atoms with Crippen LogP contribution < -0.4 is 5.32 Å². The lowest BCUT2D eigenvalue weighted by molar-refractivity contribution is -0.148. The molecule has 0 aromatic rings. The van der Waals surface area contributed by atoms with Gasteiger partial charge in [0.25, 0.3) is 0 Å². The lowest BCUT2D eigenvalue weighted by Crippen LogP contribution is -2.52. The Kier molecular flexibility index (Phi) is 10.3. The van der Waals surface area contributed by atoms with Gasteiger partial charge in [0.15, 0.2) is 0 Å². The molecule has 0 spiro atoms. The second-order valence-electron chi connectivity index (χ2n) is 5.49. The Labute approximate surface area is 126 Å². The summed E-state index contributed by atoms with van der Waals surface area (Å²) < 4.78 is 4.87. The van der Waals surface area contributed by atoms with Crippen LogP contribution in [-0.2, 0) is 9.53 Å². The molecule has 0 bridgehead atoms. The first kappa shape index (κ1) is 19.7. The van der Waals surface area contributed by atoms with E-state index in [4.69, 9.17) is 9.84 Å². The van der Waals surface area contributed by atoms with Crippen molar-refractivity contribution < 1.29 is 19.7 Å². The monoisotopic (exact) mass is 307 g/mol. The van der Waals surface area contributed by atoms with E-state index in [-0.39, 0.29) is 18.6 Å². The van der Waals surface area contributed by atoms with E-state index in [1.165, 1.54) is 7.11 Å². The second-order valence-corrected chi connectivity index (χ2v) is 6.64. The molecule has 0 heterocycles. The summed E-state index contributed by atoms with van der Waals surface area (Å²) in [7, 11) is 1.41. The lowest BCUT2D eigenvalue weighted by Gasteiger charge is -2.30. The fraction of sp³-hybridized carbons (Fsp3) is 0.929. The minimum atomic E-state index is -0.641. The van der Waals surface area contributed by atoms with Crippen molar-refractivity contribution in [3.63, 3.8) is 0 Å². The Morgan fingerprint density at radius 1 is 1.40 bits per heavy atom. The molecular weight excluding hydrogens is 278 g/mol. The van der Waals surface area contributed by atoms with Crippen LogP contribution in [0, 0.1) is 0 Å². The predicted molar refractivity (Wildman–Crippen MR) is 83.0 cm³/mol. The summed E-state index contributed by atoms with van der Waals surface area (Å²) in [5, 5.41) is 21.2. The van der Waals surface area contributed by atoms with Crippen molar-refractivity contribution in [3.8, 4) is 0 Å². The summed E-state index contributed by atoms with van der Waals surface area (Å²) in [5.74, 6) is 1.24. The van der Waals surface area contributed by atoms with E-state index in [0.29, 0.717) is 5.75 Å². The van der Waals surface area contributed by atoms with E-state index in [9.17, 15) is 9.90 Å². The Morgan fingerprint density at radius 3 is 2.55 bits per heavy atom. The highest BCUT2D eigenvalue weighted by Gasteiger charge is 2.33. The molecule has 6 heteroatoms. The van der Waals surface area contributed by atoms with Crippen LogP contribution in [-0.4, -0.2) is 59.1 Å². The third kappa shape index (κ3) is 8.09. The third-order valence-corrected chi connectivity index (χ3v) is 4.18. The maximum Gasteiger partial charge on any atom is 0.325 e. The number of carbonyl (C=O) groups is 1. The first-order chi connectivity index (χ1) is 9.35. The van der Waals surface area contributed by atoms with Crippen LogP contribution >= 0.6 is 11.8 Å². The van der Waals surface area contributed by atoms with Crippen molar-refractivity contribution >= 4 is 17.7 Å². The Balaban J connectivity index is 4.00. The molecule has 0 radical (unpaired) electrons. The summed E-state index contributed by atoms with van der Waals surface area (Å²) in [6.07, 6.45) is 1.96. The number of methoxy groups -OCH3 is 1. The number of hydrogen-bond acceptors (Lipinski definition) is 6. The van der Waals surface area contributed by atoms with Gasteiger partial charge in [0.1, 0.15) is 5.54 Å². The van der Waals surface area contributed by atoms with Crippen molar-refractivity contribution in [2.24, 2.45) is 0 Å². The molecule has 2 unspecified atom stereocenters. The minimum absolute atomic E-state index is 0.189. The number of unbranched alkanes of at least 4 members (excludes halogenated alkanes) is 1. The van der Waals surface area contributed by atoms with E-state index >= 15 is 0 Å². The molecule has 0 amide bonds. The number of rotatable bonds is 11. The van der Waals surface area contributed by atoms with Gasteiger partial charge in [-0.05, 0) is 39.4 Å². The molecule has 0 saturated heterocycles. The van der Waals surface area contributed by atoms with E-state index in [1.54, 1.807) is 11.8 Å². The topological polar surface area (TPSA) is 78.8 Å². The van der Waals surface area contributed by atoms with Crippen LogP contribution in [0.1, 0.15) is 40.0 Å². The summed E-state index contributed by atoms with van der Waals surface area (Å²) in [6, 6.07) is 0.216. The van der Waals surface area contributed by atoms with Gasteiger partial charge in [-0.2, -0.15) is 11.8 Å². The molecule has 0 aliphatic heterocycles. The van der Waals surface area contributed by atoms with Gasteiger partial charge < -0.3 is 14.9 Å². The summed E-state index contributed by atoms with van der Waals surface area (Å²) in [4.78, 5) is 11.9. The molecular formula is C14H29NO4S. The lowest BCUT2D eigenvalue weighted by atomic mass is 9.94. The van der Waals surface area contributed by atoms with Gasteiger partial charge in [-0.15, -0.1) is 0 Å². The van der Waals surface area contributed by atoms with Gasteiger partial charge in [-0.3, -0.25) is 10.1 Å². The molecule has 0 fully saturated rings. The van der Waals surface area contributed by atoms with Crippen LogP contribution in [0.2, 0.25) is 0 Å². The molecule has 3 N–H and O–H groups in total. The zero-order valence-corrected chi connectivity index (χ0v) is 13.8. The highest BCUT2D eigenvalue weighted by atomic mass is 32.2. The molecule has 0 aliphatic carbocycles. The predicted octanol–water partition coefficient (Wildman–Crippen LogP) is 1.17. The Bertz CT molecular complexity index is 276. The summed E-state index contributed by atoms with van der Waals surface area (Å²) in [6.45, 7) is 5.70. The summed E-state index contributed by atoms with van der Waals surface area (Å²) in [5.41, 5.74) is -0.641. The largest absolute Gasteiger partial charge is 0.468 e. The maximum atomic E-state index is 11.9. The summed E-state index contributed by atoms with van der Waals surface area (Å²) >= 11 is 1.62. The number of aliphatic hydroxyl groups excluding tert-OH is 2. The number of carbonyl (C=O) groups excluding carboxylic acids is 1. The molecule has 0 rings (SSSR count). The van der Waals surface area contributed by atoms with Crippen molar-refractivity contribution in [1.82, 2.24) is 5.32 Å². The van der Waals surface area contributed by atoms with E-state index in [1.807, 2.05) is 20.8 Å². The van der Waals surface area contributed by atoms with Crippen LogP contribution in [0.4, 0.5) is 0 Å². The van der Waals surface area contributed by atoms with Crippen molar-refractivity contribution in [2.45, 2.75) is 57.7 Å². The molecule has 2 atom stereocenters. The van der Waals surface area contributed by atoms with Gasteiger partial charge in [0, 0.05) is 11.8 Å². The van der Waals surface area contributed by atoms with Crippen LogP contribution in [0.3, 0.4) is 0 Å². The normalized spacial score (nSPS) is 15.9. The molecule has 20 heavy (non-hydrogen) atoms. The Morgan fingerprint density at radius 2 is 2.05 bits per heavy atom. The Hall–Kier alpha value is -0.300. The van der Waals surface area contributed by atoms with Gasteiger partial charge in [-0.25, -0.2) is 0 Å². The average Bonchev–Trinajstić information content (AvgIpc) is 2.40. The number of aliphatic hydroxyl groups is 2. The molecule has 0 saturated carbocycles.